The first-order valence-corrected chi connectivity index (χ1v) is 9.41. The number of fused-ring (bicyclic) bond motifs is 1. The van der Waals surface area contributed by atoms with Crippen LogP contribution in [0.3, 0.4) is 0 Å². The van der Waals surface area contributed by atoms with E-state index in [2.05, 4.69) is 27.4 Å². The first-order valence-electron chi connectivity index (χ1n) is 9.41. The number of nitrogens with one attached hydrogen (secondary N) is 2. The zero-order valence-corrected chi connectivity index (χ0v) is 15.5. The number of ether oxygens (including phenoxy) is 1. The highest BCUT2D eigenvalue weighted by atomic mass is 19.1. The SMILES string of the molecule is Fc1ccc(CCCNCc2ccc(Oc3ccc4nc[nH]c4c3)cc2)cc1. The number of hydrogen-bond acceptors (Lipinski definition) is 3. The summed E-state index contributed by atoms with van der Waals surface area (Å²) in [4.78, 5) is 7.29. The molecule has 142 valence electrons. The molecule has 2 N–H and O–H groups in total. The van der Waals surface area contributed by atoms with Crippen LogP contribution in [0, 0.1) is 5.82 Å². The van der Waals surface area contributed by atoms with Gasteiger partial charge in [0.05, 0.1) is 17.4 Å². The molecule has 0 unspecified atom stereocenters. The second-order valence-electron chi connectivity index (χ2n) is 6.73. The lowest BCUT2D eigenvalue weighted by Gasteiger charge is -2.08. The zero-order chi connectivity index (χ0) is 19.2. The van der Waals surface area contributed by atoms with Crippen molar-refractivity contribution < 1.29 is 9.13 Å². The number of nitrogens with zero attached hydrogens (tertiary/aromatic N) is 1. The molecule has 0 fully saturated rings. The van der Waals surface area contributed by atoms with E-state index < -0.39 is 0 Å². The molecule has 0 atom stereocenters. The second kappa shape index (κ2) is 8.67. The average Bonchev–Trinajstić information content (AvgIpc) is 3.18. The molecule has 0 saturated heterocycles. The summed E-state index contributed by atoms with van der Waals surface area (Å²) in [7, 11) is 0. The third-order valence-electron chi connectivity index (χ3n) is 4.61. The normalized spacial score (nSPS) is 11.0. The fourth-order valence-electron chi connectivity index (χ4n) is 3.09. The van der Waals surface area contributed by atoms with Crippen LogP contribution in [-0.4, -0.2) is 16.5 Å². The van der Waals surface area contributed by atoms with Crippen molar-refractivity contribution in [1.29, 1.82) is 0 Å². The molecule has 4 aromatic rings. The molecule has 0 aliphatic rings. The standard InChI is InChI=1S/C23H22FN3O/c24-19-7-3-17(4-8-19)2-1-13-25-15-18-5-9-20(10-6-18)28-21-11-12-22-23(14-21)27-16-26-22/h3-12,14,16,25H,1-2,13,15H2,(H,26,27). The Kier molecular flexibility index (Phi) is 5.64. The third-order valence-corrected chi connectivity index (χ3v) is 4.61. The summed E-state index contributed by atoms with van der Waals surface area (Å²) in [6.07, 6.45) is 3.64. The van der Waals surface area contributed by atoms with Crippen LogP contribution >= 0.6 is 0 Å². The molecule has 28 heavy (non-hydrogen) atoms. The van der Waals surface area contributed by atoms with E-state index >= 15 is 0 Å². The van der Waals surface area contributed by atoms with E-state index in [4.69, 9.17) is 4.74 Å². The molecule has 1 heterocycles. The van der Waals surface area contributed by atoms with Crippen LogP contribution in [0.25, 0.3) is 11.0 Å². The summed E-state index contributed by atoms with van der Waals surface area (Å²) in [6.45, 7) is 1.73. The van der Waals surface area contributed by atoms with Crippen molar-refractivity contribution in [3.63, 3.8) is 0 Å². The number of halogens is 1. The quantitative estimate of drug-likeness (QED) is 0.415. The number of hydrogen-bond donors (Lipinski definition) is 2. The summed E-state index contributed by atoms with van der Waals surface area (Å²) >= 11 is 0. The van der Waals surface area contributed by atoms with Gasteiger partial charge in [0.15, 0.2) is 0 Å². The molecule has 3 aromatic carbocycles. The van der Waals surface area contributed by atoms with Crippen LogP contribution in [0.2, 0.25) is 0 Å². The molecule has 0 saturated carbocycles. The summed E-state index contributed by atoms with van der Waals surface area (Å²) in [6, 6.07) is 20.6. The first kappa shape index (κ1) is 18.2. The number of aromatic amines is 1. The molecule has 0 bridgehead atoms. The third kappa shape index (κ3) is 4.75. The fraction of sp³-hybridized carbons (Fsp3) is 0.174. The van der Waals surface area contributed by atoms with Gasteiger partial charge in [0.25, 0.3) is 0 Å². The van der Waals surface area contributed by atoms with Crippen LogP contribution in [0.5, 0.6) is 11.5 Å². The first-order chi connectivity index (χ1) is 13.8. The number of H-pyrrole nitrogens is 1. The van der Waals surface area contributed by atoms with Gasteiger partial charge in [0, 0.05) is 12.6 Å². The number of aryl methyl sites for hydroxylation is 1. The van der Waals surface area contributed by atoms with E-state index in [1.807, 2.05) is 42.5 Å². The number of benzene rings is 3. The van der Waals surface area contributed by atoms with Gasteiger partial charge in [-0.3, -0.25) is 0 Å². The highest BCUT2D eigenvalue weighted by Crippen LogP contribution is 2.24. The topological polar surface area (TPSA) is 49.9 Å². The maximum absolute atomic E-state index is 12.9. The van der Waals surface area contributed by atoms with Crippen LogP contribution < -0.4 is 10.1 Å². The van der Waals surface area contributed by atoms with Crippen LogP contribution in [0.1, 0.15) is 17.5 Å². The Balaban J connectivity index is 1.22. The van der Waals surface area contributed by atoms with Crippen LogP contribution in [0.15, 0.2) is 73.1 Å². The molecule has 0 aliphatic heterocycles. The number of rotatable bonds is 8. The maximum Gasteiger partial charge on any atom is 0.129 e. The van der Waals surface area contributed by atoms with Crippen molar-refractivity contribution in [2.75, 3.05) is 6.54 Å². The van der Waals surface area contributed by atoms with Gasteiger partial charge in [0.1, 0.15) is 17.3 Å². The second-order valence-corrected chi connectivity index (χ2v) is 6.73. The largest absolute Gasteiger partial charge is 0.457 e. The minimum atomic E-state index is -0.184. The molecule has 0 aliphatic carbocycles. The Morgan fingerprint density at radius 1 is 0.893 bits per heavy atom. The predicted molar refractivity (Wildman–Crippen MR) is 109 cm³/mol. The van der Waals surface area contributed by atoms with Gasteiger partial charge in [-0.25, -0.2) is 9.37 Å². The van der Waals surface area contributed by atoms with Crippen LogP contribution in [0.4, 0.5) is 4.39 Å². The number of aromatic nitrogens is 2. The van der Waals surface area contributed by atoms with Gasteiger partial charge < -0.3 is 15.0 Å². The van der Waals surface area contributed by atoms with E-state index in [-0.39, 0.29) is 5.82 Å². The van der Waals surface area contributed by atoms with Crippen molar-refractivity contribution in [2.45, 2.75) is 19.4 Å². The molecule has 4 rings (SSSR count). The Morgan fingerprint density at radius 2 is 1.64 bits per heavy atom. The summed E-state index contributed by atoms with van der Waals surface area (Å²) < 4.78 is 18.8. The van der Waals surface area contributed by atoms with Crippen molar-refractivity contribution >= 4 is 11.0 Å². The van der Waals surface area contributed by atoms with Crippen LogP contribution in [-0.2, 0) is 13.0 Å². The average molecular weight is 375 g/mol. The van der Waals surface area contributed by atoms with Gasteiger partial charge in [-0.2, -0.15) is 0 Å². The van der Waals surface area contributed by atoms with Gasteiger partial charge in [0.2, 0.25) is 0 Å². The lowest BCUT2D eigenvalue weighted by atomic mass is 10.1. The summed E-state index contributed by atoms with van der Waals surface area (Å²) in [5, 5.41) is 3.44. The zero-order valence-electron chi connectivity index (χ0n) is 15.5. The van der Waals surface area contributed by atoms with Gasteiger partial charge in [-0.15, -0.1) is 0 Å². The van der Waals surface area contributed by atoms with Gasteiger partial charge in [-0.1, -0.05) is 24.3 Å². The monoisotopic (exact) mass is 375 g/mol. The van der Waals surface area contributed by atoms with E-state index in [1.54, 1.807) is 6.33 Å². The Hall–Kier alpha value is -3.18. The summed E-state index contributed by atoms with van der Waals surface area (Å²) in [5.41, 5.74) is 4.25. The van der Waals surface area contributed by atoms with Crippen molar-refractivity contribution in [1.82, 2.24) is 15.3 Å². The van der Waals surface area contributed by atoms with Crippen molar-refractivity contribution in [2.24, 2.45) is 0 Å². The van der Waals surface area contributed by atoms with Gasteiger partial charge >= 0.3 is 0 Å². The molecule has 0 radical (unpaired) electrons. The molecule has 5 heteroatoms. The molecule has 0 amide bonds. The van der Waals surface area contributed by atoms with Gasteiger partial charge in [-0.05, 0) is 66.9 Å². The molecule has 0 spiro atoms. The minimum Gasteiger partial charge on any atom is -0.457 e. The molecule has 1 aromatic heterocycles. The molecular formula is C23H22FN3O. The predicted octanol–water partition coefficient (Wildman–Crippen LogP) is 5.22. The number of imidazole rings is 1. The molecule has 4 nitrogen and oxygen atoms in total. The van der Waals surface area contributed by atoms with E-state index in [1.165, 1.54) is 17.7 Å². The highest BCUT2D eigenvalue weighted by molar-refractivity contribution is 5.76. The Labute approximate surface area is 163 Å². The minimum absolute atomic E-state index is 0.184. The fourth-order valence-corrected chi connectivity index (χ4v) is 3.09. The smallest absolute Gasteiger partial charge is 0.129 e. The highest BCUT2D eigenvalue weighted by Gasteiger charge is 2.02. The van der Waals surface area contributed by atoms with E-state index in [9.17, 15) is 4.39 Å². The Morgan fingerprint density at radius 3 is 2.46 bits per heavy atom. The lowest BCUT2D eigenvalue weighted by molar-refractivity contribution is 0.483. The Bertz CT molecular complexity index is 1030. The summed E-state index contributed by atoms with van der Waals surface area (Å²) in [5.74, 6) is 1.40. The van der Waals surface area contributed by atoms with Crippen molar-refractivity contribution in [3.05, 3.63) is 90.0 Å². The van der Waals surface area contributed by atoms with E-state index in [0.717, 1.165) is 54.0 Å². The lowest BCUT2D eigenvalue weighted by Crippen LogP contribution is -2.15. The molecular weight excluding hydrogens is 353 g/mol. The van der Waals surface area contributed by atoms with E-state index in [0.29, 0.717) is 0 Å². The maximum atomic E-state index is 12.9. The van der Waals surface area contributed by atoms with Crippen molar-refractivity contribution in [3.8, 4) is 11.5 Å².